The van der Waals surface area contributed by atoms with E-state index in [9.17, 15) is 22.8 Å². The van der Waals surface area contributed by atoms with E-state index >= 15 is 0 Å². The number of alkyl halides is 3. The lowest BCUT2D eigenvalue weighted by molar-refractivity contribution is -0.140. The van der Waals surface area contributed by atoms with Crippen molar-refractivity contribution in [3.8, 4) is 22.6 Å². The molecule has 2 amide bonds. The fraction of sp³-hybridized carbons (Fsp3) is 0.174. The average molecular weight is 530 g/mol. The average Bonchev–Trinajstić information content (AvgIpc) is 3.63. The fourth-order valence-electron chi connectivity index (χ4n) is 3.95. The Labute approximate surface area is 210 Å². The quantitative estimate of drug-likeness (QED) is 0.287. The summed E-state index contributed by atoms with van der Waals surface area (Å²) in [6.45, 7) is 4.04. The molecule has 190 valence electrons. The third-order valence-electron chi connectivity index (χ3n) is 5.70. The van der Waals surface area contributed by atoms with Crippen LogP contribution in [-0.4, -0.2) is 36.8 Å². The molecule has 0 saturated carbocycles. The number of nitrogens with two attached hydrogens (primary N) is 1. The summed E-state index contributed by atoms with van der Waals surface area (Å²) in [4.78, 5) is 28.9. The summed E-state index contributed by atoms with van der Waals surface area (Å²) in [5.74, 6) is -1.21. The third kappa shape index (κ3) is 4.24. The number of rotatable bonds is 6. The Morgan fingerprint density at radius 3 is 2.68 bits per heavy atom. The van der Waals surface area contributed by atoms with E-state index < -0.39 is 23.7 Å². The largest absolute Gasteiger partial charge is 0.463 e. The van der Waals surface area contributed by atoms with E-state index in [1.807, 2.05) is 6.92 Å². The van der Waals surface area contributed by atoms with Crippen LogP contribution in [0.4, 0.5) is 18.9 Å². The molecule has 0 radical (unpaired) electrons. The normalized spacial score (nSPS) is 11.8. The van der Waals surface area contributed by atoms with Gasteiger partial charge in [0.05, 0.1) is 18.1 Å². The van der Waals surface area contributed by atoms with E-state index in [0.717, 1.165) is 6.07 Å². The van der Waals surface area contributed by atoms with Crippen molar-refractivity contribution in [3.63, 3.8) is 0 Å². The Balaban J connectivity index is 1.69. The van der Waals surface area contributed by atoms with Gasteiger partial charge in [-0.05, 0) is 37.6 Å². The Bertz CT molecular complexity index is 1650. The SMILES string of the molecule is CCn1ncc(-c2cc(C(F)(F)F)nc3sc(C(N)=O)c(NC(=O)c4cc(-c5ccco5)[nH]n4)c23)c1C. The number of aromatic nitrogens is 5. The predicted molar refractivity (Wildman–Crippen MR) is 129 cm³/mol. The second kappa shape index (κ2) is 8.89. The molecule has 0 aliphatic rings. The summed E-state index contributed by atoms with van der Waals surface area (Å²) in [5, 5.41) is 13.6. The third-order valence-corrected chi connectivity index (χ3v) is 6.80. The van der Waals surface area contributed by atoms with Crippen molar-refractivity contribution < 1.29 is 27.2 Å². The maximum absolute atomic E-state index is 13.7. The van der Waals surface area contributed by atoms with E-state index in [2.05, 4.69) is 25.6 Å². The number of hydrogen-bond acceptors (Lipinski definition) is 7. The molecular weight excluding hydrogens is 511 g/mol. The van der Waals surface area contributed by atoms with E-state index in [4.69, 9.17) is 10.2 Å². The molecule has 0 bridgehead atoms. The standard InChI is InChI=1S/C23H18F3N7O3S/c1-3-33-10(2)12(9-28-33)11-7-16(23(24,25)26)29-22-17(11)18(19(37-22)20(27)34)30-21(35)14-8-13(31-32-14)15-5-4-6-36-15/h4-9H,3H2,1-2H3,(H2,27,34)(H,30,35)(H,31,32). The van der Waals surface area contributed by atoms with Crippen LogP contribution in [0.1, 0.15) is 38.5 Å². The second-order valence-electron chi connectivity index (χ2n) is 7.96. The first-order valence-electron chi connectivity index (χ1n) is 10.9. The molecule has 0 unspecified atom stereocenters. The van der Waals surface area contributed by atoms with Crippen LogP contribution < -0.4 is 11.1 Å². The summed E-state index contributed by atoms with van der Waals surface area (Å²) >= 11 is 0.659. The maximum atomic E-state index is 13.7. The molecule has 5 aromatic heterocycles. The van der Waals surface area contributed by atoms with Crippen LogP contribution in [-0.2, 0) is 12.7 Å². The lowest BCUT2D eigenvalue weighted by atomic mass is 10.0. The highest BCUT2D eigenvalue weighted by atomic mass is 32.1. The highest BCUT2D eigenvalue weighted by molar-refractivity contribution is 7.21. The number of anilines is 1. The number of halogens is 3. The van der Waals surface area contributed by atoms with Gasteiger partial charge < -0.3 is 15.5 Å². The fourth-order valence-corrected chi connectivity index (χ4v) is 4.96. The lowest BCUT2D eigenvalue weighted by Gasteiger charge is -2.12. The Kier molecular flexibility index (Phi) is 5.82. The van der Waals surface area contributed by atoms with Gasteiger partial charge in [0, 0.05) is 29.3 Å². The predicted octanol–water partition coefficient (Wildman–Crippen LogP) is 4.84. The number of nitrogens with zero attached hydrogens (tertiary/aromatic N) is 4. The Hall–Kier alpha value is -4.46. The van der Waals surface area contributed by atoms with Crippen LogP contribution in [0.25, 0.3) is 32.8 Å². The molecule has 5 rings (SSSR count). The number of fused-ring (bicyclic) bond motifs is 1. The van der Waals surface area contributed by atoms with E-state index in [1.165, 1.54) is 18.5 Å². The number of aromatic amines is 1. The number of aryl methyl sites for hydroxylation is 1. The molecule has 0 aliphatic heterocycles. The molecule has 37 heavy (non-hydrogen) atoms. The molecule has 5 heterocycles. The van der Waals surface area contributed by atoms with Gasteiger partial charge in [0.25, 0.3) is 11.8 Å². The van der Waals surface area contributed by atoms with Crippen molar-refractivity contribution in [2.75, 3.05) is 5.32 Å². The molecule has 0 fully saturated rings. The summed E-state index contributed by atoms with van der Waals surface area (Å²) in [6, 6.07) is 5.65. The summed E-state index contributed by atoms with van der Waals surface area (Å²) in [7, 11) is 0. The molecule has 0 aromatic carbocycles. The van der Waals surface area contributed by atoms with Gasteiger partial charge in [-0.15, -0.1) is 11.3 Å². The molecular formula is C23H18F3N7O3S. The smallest absolute Gasteiger partial charge is 0.433 e. The number of furan rings is 1. The van der Waals surface area contributed by atoms with E-state index in [1.54, 1.807) is 23.7 Å². The van der Waals surface area contributed by atoms with Gasteiger partial charge in [-0.25, -0.2) is 4.98 Å². The molecule has 4 N–H and O–H groups in total. The number of amides is 2. The van der Waals surface area contributed by atoms with Crippen LogP contribution in [0.3, 0.4) is 0 Å². The van der Waals surface area contributed by atoms with Gasteiger partial charge in [-0.2, -0.15) is 23.4 Å². The number of thiophene rings is 1. The summed E-state index contributed by atoms with van der Waals surface area (Å²) in [6.07, 6.45) is -1.86. The Morgan fingerprint density at radius 2 is 2.05 bits per heavy atom. The van der Waals surface area contributed by atoms with Gasteiger partial charge in [-0.3, -0.25) is 19.4 Å². The molecule has 14 heteroatoms. The number of pyridine rings is 1. The highest BCUT2D eigenvalue weighted by Gasteiger charge is 2.35. The Morgan fingerprint density at radius 1 is 1.27 bits per heavy atom. The number of H-pyrrole nitrogens is 1. The molecule has 5 aromatic rings. The number of carbonyl (C=O) groups excluding carboxylic acids is 2. The van der Waals surface area contributed by atoms with Crippen molar-refractivity contribution in [1.82, 2.24) is 25.0 Å². The topological polar surface area (TPSA) is 145 Å². The van der Waals surface area contributed by atoms with E-state index in [-0.39, 0.29) is 32.0 Å². The van der Waals surface area contributed by atoms with Crippen LogP contribution in [0, 0.1) is 6.92 Å². The van der Waals surface area contributed by atoms with Crippen molar-refractivity contribution in [2.24, 2.45) is 5.73 Å². The summed E-state index contributed by atoms with van der Waals surface area (Å²) in [5.41, 5.74) is 5.83. The van der Waals surface area contributed by atoms with Crippen molar-refractivity contribution in [2.45, 2.75) is 26.6 Å². The molecule has 0 saturated heterocycles. The zero-order valence-corrected chi connectivity index (χ0v) is 20.1. The minimum absolute atomic E-state index is 0.0439. The molecule has 0 atom stereocenters. The van der Waals surface area contributed by atoms with Gasteiger partial charge in [0.15, 0.2) is 11.5 Å². The van der Waals surface area contributed by atoms with Gasteiger partial charge in [0.2, 0.25) is 0 Å². The monoisotopic (exact) mass is 529 g/mol. The minimum atomic E-state index is -4.75. The minimum Gasteiger partial charge on any atom is -0.463 e. The van der Waals surface area contributed by atoms with Crippen LogP contribution >= 0.6 is 11.3 Å². The number of primary amides is 1. The lowest BCUT2D eigenvalue weighted by Crippen LogP contribution is -2.17. The highest BCUT2D eigenvalue weighted by Crippen LogP contribution is 2.44. The summed E-state index contributed by atoms with van der Waals surface area (Å²) < 4.78 is 48.1. The van der Waals surface area contributed by atoms with Crippen molar-refractivity contribution in [1.29, 1.82) is 0 Å². The zero-order valence-electron chi connectivity index (χ0n) is 19.3. The van der Waals surface area contributed by atoms with Crippen LogP contribution in [0.2, 0.25) is 0 Å². The van der Waals surface area contributed by atoms with Crippen molar-refractivity contribution in [3.05, 3.63) is 58.7 Å². The maximum Gasteiger partial charge on any atom is 0.433 e. The van der Waals surface area contributed by atoms with Gasteiger partial charge in [-0.1, -0.05) is 0 Å². The zero-order chi connectivity index (χ0) is 26.5. The van der Waals surface area contributed by atoms with Crippen LogP contribution in [0.15, 0.2) is 41.1 Å². The van der Waals surface area contributed by atoms with Crippen LogP contribution in [0.5, 0.6) is 0 Å². The van der Waals surface area contributed by atoms with E-state index in [0.29, 0.717) is 40.6 Å². The second-order valence-corrected chi connectivity index (χ2v) is 8.96. The van der Waals surface area contributed by atoms with Gasteiger partial charge in [0.1, 0.15) is 21.1 Å². The first-order chi connectivity index (χ1) is 17.6. The molecule has 10 nitrogen and oxygen atoms in total. The van der Waals surface area contributed by atoms with Crippen molar-refractivity contribution >= 4 is 39.1 Å². The molecule has 0 aliphatic carbocycles. The first kappa shape index (κ1) is 24.2. The molecule has 0 spiro atoms. The van der Waals surface area contributed by atoms with Gasteiger partial charge >= 0.3 is 6.18 Å². The number of carbonyl (C=O) groups is 2. The number of nitrogens with one attached hydrogen (secondary N) is 2. The number of hydrogen-bond donors (Lipinski definition) is 3. The first-order valence-corrected chi connectivity index (χ1v) is 11.7.